The molecule has 0 radical (unpaired) electrons. The Morgan fingerprint density at radius 1 is 1.31 bits per heavy atom. The van der Waals surface area contributed by atoms with E-state index >= 15 is 0 Å². The number of nitrogens with one attached hydrogen (secondary N) is 1. The lowest BCUT2D eigenvalue weighted by molar-refractivity contribution is -0.117. The molecule has 4 heterocycles. The topological polar surface area (TPSA) is 109 Å². The number of methoxy groups -OCH3 is 1. The van der Waals surface area contributed by atoms with Crippen molar-refractivity contribution in [3.63, 3.8) is 0 Å². The van der Waals surface area contributed by atoms with Crippen molar-refractivity contribution in [2.24, 2.45) is 0 Å². The van der Waals surface area contributed by atoms with E-state index in [9.17, 15) is 14.4 Å². The van der Waals surface area contributed by atoms with Gasteiger partial charge in [-0.3, -0.25) is 14.2 Å². The summed E-state index contributed by atoms with van der Waals surface area (Å²) in [6.07, 6.45) is 1.66. The molecule has 1 aliphatic heterocycles. The van der Waals surface area contributed by atoms with E-state index in [1.165, 1.54) is 27.4 Å². The van der Waals surface area contributed by atoms with Gasteiger partial charge in [-0.1, -0.05) is 12.1 Å². The highest BCUT2D eigenvalue weighted by Crippen LogP contribution is 2.23. The van der Waals surface area contributed by atoms with Gasteiger partial charge >= 0.3 is 5.69 Å². The lowest BCUT2D eigenvalue weighted by Crippen LogP contribution is -2.30. The number of para-hydroxylation sites is 2. The van der Waals surface area contributed by atoms with Crippen LogP contribution >= 0.6 is 11.3 Å². The molecule has 1 N–H and O–H groups in total. The molecule has 1 amide bonds. The van der Waals surface area contributed by atoms with Crippen LogP contribution in [0.1, 0.15) is 12.8 Å². The third-order valence-corrected chi connectivity index (χ3v) is 6.36. The van der Waals surface area contributed by atoms with Crippen LogP contribution in [-0.2, 0) is 22.6 Å². The van der Waals surface area contributed by atoms with Crippen LogP contribution in [0, 0.1) is 0 Å². The van der Waals surface area contributed by atoms with Gasteiger partial charge < -0.3 is 14.8 Å². The van der Waals surface area contributed by atoms with E-state index in [1.807, 2.05) is 0 Å². The molecule has 4 aromatic rings. The molecule has 1 atom stereocenters. The van der Waals surface area contributed by atoms with Crippen molar-refractivity contribution in [1.29, 1.82) is 0 Å². The largest absolute Gasteiger partial charge is 0.495 e. The van der Waals surface area contributed by atoms with E-state index < -0.39 is 11.6 Å². The summed E-state index contributed by atoms with van der Waals surface area (Å²) in [5.74, 6) is 0.273. The van der Waals surface area contributed by atoms with Crippen molar-refractivity contribution >= 4 is 38.9 Å². The summed E-state index contributed by atoms with van der Waals surface area (Å²) in [5, 5.41) is 8.86. The summed E-state index contributed by atoms with van der Waals surface area (Å²) >= 11 is 1.27. The molecule has 0 spiro atoms. The monoisotopic (exact) mass is 455 g/mol. The fourth-order valence-corrected chi connectivity index (χ4v) is 4.79. The predicted molar refractivity (Wildman–Crippen MR) is 120 cm³/mol. The SMILES string of the molecule is COc1ccccc1NC(=O)Cn1nc2n(C[C@@H]3CCCO3)c(=O)c3sccc3n2c1=O. The Kier molecular flexibility index (Phi) is 5.27. The third kappa shape index (κ3) is 3.49. The van der Waals surface area contributed by atoms with Crippen LogP contribution in [0.25, 0.3) is 16.0 Å². The zero-order valence-electron chi connectivity index (χ0n) is 17.3. The number of hydrogen-bond acceptors (Lipinski definition) is 7. The normalized spacial score (nSPS) is 16.1. The molecule has 10 nitrogen and oxygen atoms in total. The first-order valence-corrected chi connectivity index (χ1v) is 11.1. The van der Waals surface area contributed by atoms with Crippen LogP contribution in [0.2, 0.25) is 0 Å². The van der Waals surface area contributed by atoms with E-state index in [0.717, 1.165) is 17.5 Å². The van der Waals surface area contributed by atoms with Gasteiger partial charge in [0, 0.05) is 6.61 Å². The van der Waals surface area contributed by atoms with Crippen molar-refractivity contribution in [2.75, 3.05) is 19.0 Å². The van der Waals surface area contributed by atoms with Gasteiger partial charge in [-0.25, -0.2) is 13.9 Å². The minimum atomic E-state index is -0.486. The minimum Gasteiger partial charge on any atom is -0.495 e. The average molecular weight is 455 g/mol. The van der Waals surface area contributed by atoms with E-state index in [1.54, 1.807) is 35.7 Å². The summed E-state index contributed by atoms with van der Waals surface area (Å²) < 4.78 is 15.3. The number of carbonyl (C=O) groups excluding carboxylic acids is 1. The summed E-state index contributed by atoms with van der Waals surface area (Å²) in [5.41, 5.74) is 0.278. The van der Waals surface area contributed by atoms with Crippen LogP contribution in [0.4, 0.5) is 5.69 Å². The van der Waals surface area contributed by atoms with Gasteiger partial charge in [0.15, 0.2) is 0 Å². The molecular weight excluding hydrogens is 434 g/mol. The number of hydrogen-bond donors (Lipinski definition) is 1. The first-order chi connectivity index (χ1) is 15.6. The molecule has 0 aliphatic carbocycles. The first-order valence-electron chi connectivity index (χ1n) is 10.2. The molecule has 0 saturated carbocycles. The van der Waals surface area contributed by atoms with Crippen molar-refractivity contribution in [2.45, 2.75) is 32.0 Å². The van der Waals surface area contributed by atoms with Gasteiger partial charge in [0.1, 0.15) is 17.0 Å². The molecule has 1 fully saturated rings. The Morgan fingerprint density at radius 3 is 2.94 bits per heavy atom. The fraction of sp³-hybridized carbons (Fsp3) is 0.333. The number of rotatable bonds is 6. The number of amides is 1. The quantitative estimate of drug-likeness (QED) is 0.474. The molecule has 0 unspecified atom stereocenters. The summed E-state index contributed by atoms with van der Waals surface area (Å²) in [6, 6.07) is 8.71. The Labute approximate surface area is 185 Å². The lowest BCUT2D eigenvalue weighted by Gasteiger charge is -2.12. The van der Waals surface area contributed by atoms with Gasteiger partial charge in [-0.15, -0.1) is 16.4 Å². The number of carbonyl (C=O) groups is 1. The Balaban J connectivity index is 1.54. The van der Waals surface area contributed by atoms with E-state index in [4.69, 9.17) is 9.47 Å². The lowest BCUT2D eigenvalue weighted by atomic mass is 10.2. The molecule has 5 rings (SSSR count). The van der Waals surface area contributed by atoms with Gasteiger partial charge in [0.05, 0.1) is 31.0 Å². The van der Waals surface area contributed by atoms with Crippen LogP contribution in [0.5, 0.6) is 5.75 Å². The van der Waals surface area contributed by atoms with Crippen LogP contribution in [0.15, 0.2) is 45.3 Å². The van der Waals surface area contributed by atoms with E-state index in [2.05, 4.69) is 10.4 Å². The summed E-state index contributed by atoms with van der Waals surface area (Å²) in [4.78, 5) is 38.9. The Hall–Kier alpha value is -3.44. The highest BCUT2D eigenvalue weighted by Gasteiger charge is 2.23. The number of benzene rings is 1. The number of fused-ring (bicyclic) bond motifs is 3. The summed E-state index contributed by atoms with van der Waals surface area (Å²) in [7, 11) is 1.51. The second-order valence-electron chi connectivity index (χ2n) is 7.51. The van der Waals surface area contributed by atoms with Crippen LogP contribution < -0.4 is 21.3 Å². The van der Waals surface area contributed by atoms with Gasteiger partial charge in [0.25, 0.3) is 5.56 Å². The van der Waals surface area contributed by atoms with Crippen molar-refractivity contribution in [1.82, 2.24) is 18.7 Å². The van der Waals surface area contributed by atoms with Gasteiger partial charge in [-0.05, 0) is 36.4 Å². The maximum Gasteiger partial charge on any atom is 0.352 e. The summed E-state index contributed by atoms with van der Waals surface area (Å²) in [6.45, 7) is 0.652. The standard InChI is InChI=1S/C21H21N5O5S/c1-30-16-7-3-2-6-14(16)22-17(27)12-25-21(29)26-15-8-10-32-18(15)19(28)24(20(26)23-25)11-13-5-4-9-31-13/h2-3,6-8,10,13H,4-5,9,11-12H2,1H3,(H,22,27)/t13-/m0/s1. The molecule has 3 aromatic heterocycles. The van der Waals surface area contributed by atoms with E-state index in [0.29, 0.717) is 34.8 Å². The molecule has 0 bridgehead atoms. The minimum absolute atomic E-state index is 0.108. The molecule has 1 aromatic carbocycles. The smallest absolute Gasteiger partial charge is 0.352 e. The molecule has 32 heavy (non-hydrogen) atoms. The second kappa shape index (κ2) is 8.24. The van der Waals surface area contributed by atoms with E-state index in [-0.39, 0.29) is 24.0 Å². The van der Waals surface area contributed by atoms with Crippen molar-refractivity contribution < 1.29 is 14.3 Å². The van der Waals surface area contributed by atoms with Crippen molar-refractivity contribution in [3.05, 3.63) is 56.5 Å². The second-order valence-corrected chi connectivity index (χ2v) is 8.43. The molecule has 1 saturated heterocycles. The highest BCUT2D eigenvalue weighted by atomic mass is 32.1. The number of thiophene rings is 1. The number of nitrogens with zero attached hydrogens (tertiary/aromatic N) is 4. The molecule has 11 heteroatoms. The predicted octanol–water partition coefficient (Wildman–Crippen LogP) is 1.70. The molecule has 166 valence electrons. The highest BCUT2D eigenvalue weighted by molar-refractivity contribution is 7.17. The molecular formula is C21H21N5O5S. The third-order valence-electron chi connectivity index (χ3n) is 5.47. The number of aromatic nitrogens is 4. The Morgan fingerprint density at radius 2 is 2.16 bits per heavy atom. The van der Waals surface area contributed by atoms with Crippen molar-refractivity contribution in [3.8, 4) is 5.75 Å². The fourth-order valence-electron chi connectivity index (χ4n) is 3.97. The average Bonchev–Trinajstić information content (AvgIpc) is 3.53. The number of anilines is 1. The Bertz CT molecular complexity index is 1430. The van der Waals surface area contributed by atoms with Crippen LogP contribution in [-0.4, -0.2) is 44.5 Å². The maximum atomic E-state index is 13.2. The first kappa shape index (κ1) is 20.5. The zero-order chi connectivity index (χ0) is 22.2. The number of ether oxygens (including phenoxy) is 2. The molecule has 1 aliphatic rings. The van der Waals surface area contributed by atoms with Crippen LogP contribution in [0.3, 0.4) is 0 Å². The zero-order valence-corrected chi connectivity index (χ0v) is 18.1. The maximum absolute atomic E-state index is 13.2. The van der Waals surface area contributed by atoms with Gasteiger partial charge in [0.2, 0.25) is 11.7 Å². The van der Waals surface area contributed by atoms with Gasteiger partial charge in [-0.2, -0.15) is 0 Å².